The Balaban J connectivity index is 1.39. The van der Waals surface area contributed by atoms with Crippen LogP contribution in [0.25, 0.3) is 0 Å². The van der Waals surface area contributed by atoms with Gasteiger partial charge in [-0.1, -0.05) is 71.8 Å². The second-order valence-corrected chi connectivity index (χ2v) is 10.5. The van der Waals surface area contributed by atoms with Gasteiger partial charge in [-0.25, -0.2) is 0 Å². The zero-order valence-corrected chi connectivity index (χ0v) is 23.2. The highest BCUT2D eigenvalue weighted by atomic mass is 35.5. The lowest BCUT2D eigenvalue weighted by Gasteiger charge is -2.28. The number of amides is 1. The summed E-state index contributed by atoms with van der Waals surface area (Å²) in [7, 11) is 0. The Kier molecular flexibility index (Phi) is 8.78. The number of H-pyrrole nitrogens is 1. The van der Waals surface area contributed by atoms with E-state index in [1.807, 2.05) is 17.0 Å². The van der Waals surface area contributed by atoms with Gasteiger partial charge in [-0.15, -0.1) is 10.2 Å². The van der Waals surface area contributed by atoms with Crippen LogP contribution in [0.15, 0.2) is 71.8 Å². The van der Waals surface area contributed by atoms with Crippen molar-refractivity contribution < 1.29 is 4.79 Å². The van der Waals surface area contributed by atoms with Crippen LogP contribution in [0.2, 0.25) is 10.0 Å². The van der Waals surface area contributed by atoms with E-state index >= 15 is 0 Å². The van der Waals surface area contributed by atoms with Crippen molar-refractivity contribution >= 4 is 52.4 Å². The molecule has 12 heteroatoms. The highest BCUT2D eigenvalue weighted by Gasteiger charge is 2.19. The second-order valence-electron chi connectivity index (χ2n) is 9.63. The zero-order valence-electron chi connectivity index (χ0n) is 21.6. The molecule has 0 aliphatic heterocycles. The van der Waals surface area contributed by atoms with E-state index in [0.29, 0.717) is 39.7 Å². The van der Waals surface area contributed by atoms with E-state index in [0.717, 1.165) is 11.3 Å². The lowest BCUT2D eigenvalue weighted by molar-refractivity contribution is 0.102. The molecule has 5 rings (SSSR count). The van der Waals surface area contributed by atoms with Gasteiger partial charge in [0, 0.05) is 27.0 Å². The number of nitrogens with zero attached hydrogens (tertiary/aromatic N) is 5. The summed E-state index contributed by atoms with van der Waals surface area (Å²) in [4.78, 5) is 14.5. The molecule has 0 unspecified atom stereocenters. The van der Waals surface area contributed by atoms with Crippen LogP contribution in [0.3, 0.4) is 0 Å². The summed E-state index contributed by atoms with van der Waals surface area (Å²) >= 11 is 12.4. The van der Waals surface area contributed by atoms with Gasteiger partial charge in [0.05, 0.1) is 6.54 Å². The lowest BCUT2D eigenvalue weighted by atomic mass is 9.84. The van der Waals surface area contributed by atoms with Crippen molar-refractivity contribution in [2.45, 2.75) is 44.6 Å². The van der Waals surface area contributed by atoms with Crippen LogP contribution in [-0.2, 0) is 6.54 Å². The van der Waals surface area contributed by atoms with Gasteiger partial charge in [0.2, 0.25) is 5.96 Å². The number of tetrazole rings is 1. The first-order chi connectivity index (χ1) is 19.5. The Bertz CT molecular complexity index is 1430. The highest BCUT2D eigenvalue weighted by Crippen LogP contribution is 2.34. The van der Waals surface area contributed by atoms with Crippen LogP contribution >= 0.6 is 23.2 Å². The van der Waals surface area contributed by atoms with Gasteiger partial charge in [-0.2, -0.15) is 5.21 Å². The SMILES string of the molecule is N/N=C(/Nc1cc(Cl)cc(Cl)c1)N(Cc1ccc(C(=O)Nc2nn[nH]n2)cc1)c1ccc(C2CCCCC2)cc1. The third-order valence-corrected chi connectivity index (χ3v) is 7.34. The van der Waals surface area contributed by atoms with Crippen molar-refractivity contribution in [2.24, 2.45) is 10.9 Å². The lowest BCUT2D eigenvalue weighted by Crippen LogP contribution is -2.37. The number of anilines is 3. The number of guanidine groups is 1. The maximum absolute atomic E-state index is 12.5. The number of rotatable bonds is 7. The largest absolute Gasteiger partial charge is 0.324 e. The molecule has 1 saturated carbocycles. The molecule has 0 spiro atoms. The molecular weight excluding hydrogens is 549 g/mol. The summed E-state index contributed by atoms with van der Waals surface area (Å²) in [5.41, 5.74) is 4.29. The molecule has 40 heavy (non-hydrogen) atoms. The molecule has 5 N–H and O–H groups in total. The summed E-state index contributed by atoms with van der Waals surface area (Å²) in [6.45, 7) is 0.423. The zero-order chi connectivity index (χ0) is 27.9. The summed E-state index contributed by atoms with van der Waals surface area (Å²) in [5.74, 6) is 6.67. The maximum Gasteiger partial charge on any atom is 0.270 e. The summed E-state index contributed by atoms with van der Waals surface area (Å²) in [6, 6.07) is 20.9. The molecule has 0 radical (unpaired) electrons. The fourth-order valence-electron chi connectivity index (χ4n) is 4.91. The number of nitrogens with two attached hydrogens (primary N) is 1. The number of hydrogen-bond donors (Lipinski definition) is 4. The molecule has 3 aromatic carbocycles. The number of aromatic nitrogens is 4. The number of aromatic amines is 1. The number of halogens is 2. The summed E-state index contributed by atoms with van der Waals surface area (Å²) in [6.07, 6.45) is 6.32. The van der Waals surface area contributed by atoms with Crippen LogP contribution < -0.4 is 21.4 Å². The Labute approximate surface area is 241 Å². The van der Waals surface area contributed by atoms with E-state index in [9.17, 15) is 4.79 Å². The molecule has 1 aliphatic carbocycles. The topological polar surface area (TPSA) is 137 Å². The smallest absolute Gasteiger partial charge is 0.270 e. The first-order valence-electron chi connectivity index (χ1n) is 13.0. The van der Waals surface area contributed by atoms with E-state index < -0.39 is 0 Å². The number of benzene rings is 3. The number of carbonyl (C=O) groups excluding carboxylic acids is 1. The van der Waals surface area contributed by atoms with Gasteiger partial charge >= 0.3 is 0 Å². The summed E-state index contributed by atoms with van der Waals surface area (Å²) < 4.78 is 0. The van der Waals surface area contributed by atoms with Gasteiger partial charge in [0.1, 0.15) is 0 Å². The van der Waals surface area contributed by atoms with Crippen molar-refractivity contribution in [1.29, 1.82) is 0 Å². The number of hydrazone groups is 1. The van der Waals surface area contributed by atoms with Crippen LogP contribution in [0.4, 0.5) is 17.3 Å². The Morgan fingerprint density at radius 3 is 2.30 bits per heavy atom. The quantitative estimate of drug-likeness (QED) is 0.0893. The fraction of sp³-hybridized carbons (Fsp3) is 0.250. The van der Waals surface area contributed by atoms with Gasteiger partial charge in [-0.05, 0) is 77.6 Å². The molecule has 1 aromatic heterocycles. The Morgan fingerprint density at radius 1 is 0.975 bits per heavy atom. The van der Waals surface area contributed by atoms with Gasteiger partial charge in [0.25, 0.3) is 11.9 Å². The van der Waals surface area contributed by atoms with Crippen molar-refractivity contribution in [3.63, 3.8) is 0 Å². The number of carbonyl (C=O) groups is 1. The van der Waals surface area contributed by atoms with Crippen LogP contribution in [0, 0.1) is 0 Å². The first-order valence-corrected chi connectivity index (χ1v) is 13.8. The highest BCUT2D eigenvalue weighted by molar-refractivity contribution is 6.35. The summed E-state index contributed by atoms with van der Waals surface area (Å²) in [5, 5.41) is 24.1. The number of hydrogen-bond acceptors (Lipinski definition) is 6. The third-order valence-electron chi connectivity index (χ3n) is 6.91. The minimum Gasteiger partial charge on any atom is -0.324 e. The van der Waals surface area contributed by atoms with E-state index in [1.54, 1.807) is 30.3 Å². The maximum atomic E-state index is 12.5. The Morgan fingerprint density at radius 2 is 1.68 bits per heavy atom. The molecular formula is C28H29Cl2N9O. The third kappa shape index (κ3) is 6.88. The Hall–Kier alpha value is -4.15. The van der Waals surface area contributed by atoms with E-state index in [1.165, 1.54) is 37.7 Å². The first kappa shape index (κ1) is 27.4. The van der Waals surface area contributed by atoms with Crippen molar-refractivity contribution in [3.8, 4) is 0 Å². The van der Waals surface area contributed by atoms with E-state index in [2.05, 4.69) is 60.6 Å². The van der Waals surface area contributed by atoms with Crippen molar-refractivity contribution in [1.82, 2.24) is 20.6 Å². The molecule has 206 valence electrons. The van der Waals surface area contributed by atoms with Crippen LogP contribution in [-0.4, -0.2) is 32.5 Å². The minimum atomic E-state index is -0.341. The van der Waals surface area contributed by atoms with Crippen LogP contribution in [0.1, 0.15) is 59.5 Å². The van der Waals surface area contributed by atoms with E-state index in [4.69, 9.17) is 29.0 Å². The van der Waals surface area contributed by atoms with E-state index in [-0.39, 0.29) is 11.9 Å². The van der Waals surface area contributed by atoms with Crippen molar-refractivity contribution in [2.75, 3.05) is 15.5 Å². The molecule has 4 aromatic rings. The normalized spacial score (nSPS) is 14.1. The van der Waals surface area contributed by atoms with Gasteiger partial charge in [0.15, 0.2) is 0 Å². The molecule has 1 aliphatic rings. The molecule has 10 nitrogen and oxygen atoms in total. The predicted octanol–water partition coefficient (Wildman–Crippen LogP) is 6.15. The fourth-order valence-corrected chi connectivity index (χ4v) is 5.43. The number of nitrogens with one attached hydrogen (secondary N) is 3. The molecule has 1 fully saturated rings. The average molecular weight is 579 g/mol. The molecule has 1 heterocycles. The van der Waals surface area contributed by atoms with Crippen LogP contribution in [0.5, 0.6) is 0 Å². The van der Waals surface area contributed by atoms with Crippen molar-refractivity contribution in [3.05, 3.63) is 93.5 Å². The molecule has 0 bridgehead atoms. The standard InChI is InChI=1S/C28H29Cl2N9O/c29-22-14-23(30)16-24(15-22)32-28(34-31)39(25-12-10-20(11-13-25)19-4-2-1-3-5-19)17-18-6-8-21(9-7-18)26(40)33-27-35-37-38-36-27/h6-16,19H,1-5,17,31H2,(H,32,34)(H2,33,35,36,37,38,40). The monoisotopic (exact) mass is 577 g/mol. The average Bonchev–Trinajstić information content (AvgIpc) is 3.48. The predicted molar refractivity (Wildman–Crippen MR) is 159 cm³/mol. The van der Waals surface area contributed by atoms with Gasteiger partial charge in [-0.3, -0.25) is 10.1 Å². The molecule has 1 amide bonds. The molecule has 0 saturated heterocycles. The molecule has 0 atom stereocenters. The van der Waals surface area contributed by atoms with Gasteiger partial charge < -0.3 is 16.1 Å². The minimum absolute atomic E-state index is 0.105. The second kappa shape index (κ2) is 12.8.